The first kappa shape index (κ1) is 15.6. The maximum absolute atomic E-state index is 12.5. The van der Waals surface area contributed by atoms with E-state index in [2.05, 4.69) is 17.6 Å². The van der Waals surface area contributed by atoms with Gasteiger partial charge in [-0.3, -0.25) is 4.79 Å². The van der Waals surface area contributed by atoms with Crippen LogP contribution in [0.5, 0.6) is 0 Å². The molecule has 0 aliphatic carbocycles. The maximum Gasteiger partial charge on any atom is 0.272 e. The average Bonchev–Trinajstić information content (AvgIpc) is 2.83. The van der Waals surface area contributed by atoms with Gasteiger partial charge in [-0.2, -0.15) is 0 Å². The number of hydrogen-bond donors (Lipinski definition) is 2. The largest absolute Gasteiger partial charge is 0.342 e. The summed E-state index contributed by atoms with van der Waals surface area (Å²) in [5.74, 6) is -0.140. The smallest absolute Gasteiger partial charge is 0.272 e. The Bertz CT molecular complexity index is 622. The molecule has 4 nitrogen and oxygen atoms in total. The van der Waals surface area contributed by atoms with Gasteiger partial charge in [0.25, 0.3) is 5.91 Å². The Labute approximate surface area is 130 Å². The number of benzene rings is 1. The molecule has 1 aromatic heterocycles. The highest BCUT2D eigenvalue weighted by molar-refractivity contribution is 6.31. The Balaban J connectivity index is 2.22. The van der Waals surface area contributed by atoms with E-state index in [1.807, 2.05) is 35.9 Å². The summed E-state index contributed by atoms with van der Waals surface area (Å²) < 4.78 is 1.89. The van der Waals surface area contributed by atoms with Crippen LogP contribution in [-0.2, 0) is 13.1 Å². The molecule has 5 heteroatoms. The zero-order chi connectivity index (χ0) is 15.2. The summed E-state index contributed by atoms with van der Waals surface area (Å²) in [4.78, 5) is 12.5. The lowest BCUT2D eigenvalue weighted by molar-refractivity contribution is 0.101. The van der Waals surface area contributed by atoms with Crippen molar-refractivity contribution in [1.82, 2.24) is 9.88 Å². The third-order valence-electron chi connectivity index (χ3n) is 3.19. The molecule has 0 unspecified atom stereocenters. The van der Waals surface area contributed by atoms with Crippen molar-refractivity contribution in [3.8, 4) is 0 Å². The van der Waals surface area contributed by atoms with E-state index >= 15 is 0 Å². The minimum Gasteiger partial charge on any atom is -0.342 e. The van der Waals surface area contributed by atoms with Crippen LogP contribution in [0.4, 0.5) is 5.69 Å². The van der Waals surface area contributed by atoms with Crippen molar-refractivity contribution in [2.45, 2.75) is 26.4 Å². The van der Waals surface area contributed by atoms with Crippen LogP contribution >= 0.6 is 11.6 Å². The van der Waals surface area contributed by atoms with Crippen LogP contribution in [0.2, 0.25) is 5.02 Å². The van der Waals surface area contributed by atoms with Crippen molar-refractivity contribution < 1.29 is 4.79 Å². The molecule has 2 rings (SSSR count). The van der Waals surface area contributed by atoms with Crippen LogP contribution in [-0.4, -0.2) is 17.5 Å². The monoisotopic (exact) mass is 305 g/mol. The van der Waals surface area contributed by atoms with Crippen LogP contribution in [0.3, 0.4) is 0 Å². The highest BCUT2D eigenvalue weighted by Gasteiger charge is 2.14. The molecule has 0 bridgehead atoms. The summed E-state index contributed by atoms with van der Waals surface area (Å²) in [5.41, 5.74) is 2.45. The second kappa shape index (κ2) is 7.29. The van der Waals surface area contributed by atoms with Crippen molar-refractivity contribution >= 4 is 23.2 Å². The summed E-state index contributed by atoms with van der Waals surface area (Å²) in [6, 6.07) is 9.46. The number of rotatable bonds is 6. The first-order valence-corrected chi connectivity index (χ1v) is 7.43. The number of para-hydroxylation sites is 1. The quantitative estimate of drug-likeness (QED) is 0.857. The SMILES string of the molecule is CCCn1cc(Cl)cc1C(=O)Nc1ccccc1CNC. The van der Waals surface area contributed by atoms with Crippen LogP contribution in [0.1, 0.15) is 29.4 Å². The van der Waals surface area contributed by atoms with Gasteiger partial charge in [-0.05, 0) is 31.2 Å². The van der Waals surface area contributed by atoms with E-state index in [-0.39, 0.29) is 5.91 Å². The van der Waals surface area contributed by atoms with E-state index in [1.165, 1.54) is 0 Å². The first-order valence-electron chi connectivity index (χ1n) is 7.05. The number of aryl methyl sites for hydroxylation is 1. The molecule has 0 aliphatic heterocycles. The normalized spacial score (nSPS) is 10.6. The minimum atomic E-state index is -0.140. The second-order valence-corrected chi connectivity index (χ2v) is 5.31. The molecule has 0 radical (unpaired) electrons. The summed E-state index contributed by atoms with van der Waals surface area (Å²) in [5, 5.41) is 6.64. The van der Waals surface area contributed by atoms with Gasteiger partial charge < -0.3 is 15.2 Å². The molecule has 1 heterocycles. The molecule has 0 aliphatic rings. The van der Waals surface area contributed by atoms with Crippen molar-refractivity contribution in [1.29, 1.82) is 0 Å². The zero-order valence-corrected chi connectivity index (χ0v) is 13.1. The number of nitrogens with zero attached hydrogens (tertiary/aromatic N) is 1. The van der Waals surface area contributed by atoms with Crippen LogP contribution < -0.4 is 10.6 Å². The third-order valence-corrected chi connectivity index (χ3v) is 3.40. The van der Waals surface area contributed by atoms with Gasteiger partial charge in [0.2, 0.25) is 0 Å². The Morgan fingerprint density at radius 1 is 1.33 bits per heavy atom. The topological polar surface area (TPSA) is 46.1 Å². The lowest BCUT2D eigenvalue weighted by atomic mass is 10.1. The molecular formula is C16H20ClN3O. The van der Waals surface area contributed by atoms with E-state index < -0.39 is 0 Å². The molecule has 0 atom stereocenters. The second-order valence-electron chi connectivity index (χ2n) is 4.88. The van der Waals surface area contributed by atoms with Crippen LogP contribution in [0.25, 0.3) is 0 Å². The Morgan fingerprint density at radius 2 is 2.10 bits per heavy atom. The number of carbonyl (C=O) groups is 1. The summed E-state index contributed by atoms with van der Waals surface area (Å²) in [7, 11) is 1.88. The molecule has 0 fully saturated rings. The van der Waals surface area contributed by atoms with Crippen molar-refractivity contribution in [3.05, 3.63) is 52.8 Å². The van der Waals surface area contributed by atoms with E-state index in [0.717, 1.165) is 24.2 Å². The summed E-state index contributed by atoms with van der Waals surface area (Å²) >= 11 is 6.02. The van der Waals surface area contributed by atoms with Crippen LogP contribution in [0.15, 0.2) is 36.5 Å². The molecule has 0 saturated heterocycles. The highest BCUT2D eigenvalue weighted by Crippen LogP contribution is 2.19. The van der Waals surface area contributed by atoms with Crippen molar-refractivity contribution in [3.63, 3.8) is 0 Å². The molecular weight excluding hydrogens is 286 g/mol. The highest BCUT2D eigenvalue weighted by atomic mass is 35.5. The molecule has 0 saturated carbocycles. The van der Waals surface area contributed by atoms with E-state index in [0.29, 0.717) is 17.3 Å². The van der Waals surface area contributed by atoms with Gasteiger partial charge in [0.05, 0.1) is 5.02 Å². The molecule has 2 N–H and O–H groups in total. The number of carbonyl (C=O) groups excluding carboxylic acids is 1. The number of halogens is 1. The Morgan fingerprint density at radius 3 is 2.81 bits per heavy atom. The van der Waals surface area contributed by atoms with E-state index in [9.17, 15) is 4.79 Å². The molecule has 1 aromatic carbocycles. The summed E-state index contributed by atoms with van der Waals surface area (Å²) in [6.07, 6.45) is 2.74. The van der Waals surface area contributed by atoms with Gasteiger partial charge in [0, 0.05) is 25.0 Å². The van der Waals surface area contributed by atoms with Crippen LogP contribution in [0, 0.1) is 0 Å². The zero-order valence-electron chi connectivity index (χ0n) is 12.3. The Kier molecular flexibility index (Phi) is 5.42. The first-order chi connectivity index (χ1) is 10.2. The van der Waals surface area contributed by atoms with Gasteiger partial charge in [0.1, 0.15) is 5.69 Å². The third kappa shape index (κ3) is 3.86. The van der Waals surface area contributed by atoms with E-state index in [4.69, 9.17) is 11.6 Å². The van der Waals surface area contributed by atoms with Gasteiger partial charge in [0.15, 0.2) is 0 Å². The van der Waals surface area contributed by atoms with E-state index in [1.54, 1.807) is 12.3 Å². The molecule has 112 valence electrons. The minimum absolute atomic E-state index is 0.140. The lowest BCUT2D eigenvalue weighted by Crippen LogP contribution is -2.18. The fraction of sp³-hybridized carbons (Fsp3) is 0.312. The Hall–Kier alpha value is -1.78. The molecule has 0 spiro atoms. The number of nitrogens with one attached hydrogen (secondary N) is 2. The molecule has 1 amide bonds. The molecule has 2 aromatic rings. The number of hydrogen-bond acceptors (Lipinski definition) is 2. The van der Waals surface area contributed by atoms with Crippen molar-refractivity contribution in [2.24, 2.45) is 0 Å². The fourth-order valence-corrected chi connectivity index (χ4v) is 2.49. The van der Waals surface area contributed by atoms with Gasteiger partial charge in [-0.15, -0.1) is 0 Å². The standard InChI is InChI=1S/C16H20ClN3O/c1-3-8-20-11-13(17)9-15(20)16(21)19-14-7-5-4-6-12(14)10-18-2/h4-7,9,11,18H,3,8,10H2,1-2H3,(H,19,21). The summed E-state index contributed by atoms with van der Waals surface area (Å²) in [6.45, 7) is 3.54. The predicted octanol–water partition coefficient (Wildman–Crippen LogP) is 3.52. The maximum atomic E-state index is 12.5. The van der Waals surface area contributed by atoms with Gasteiger partial charge in [-0.25, -0.2) is 0 Å². The lowest BCUT2D eigenvalue weighted by Gasteiger charge is -2.12. The number of amides is 1. The number of anilines is 1. The fourth-order valence-electron chi connectivity index (χ4n) is 2.26. The van der Waals surface area contributed by atoms with Gasteiger partial charge >= 0.3 is 0 Å². The molecule has 21 heavy (non-hydrogen) atoms. The predicted molar refractivity (Wildman–Crippen MR) is 86.9 cm³/mol. The number of aromatic nitrogens is 1. The van der Waals surface area contributed by atoms with Gasteiger partial charge in [-0.1, -0.05) is 36.7 Å². The van der Waals surface area contributed by atoms with Crippen molar-refractivity contribution in [2.75, 3.05) is 12.4 Å². The average molecular weight is 306 g/mol.